The maximum Gasteiger partial charge on any atom is 0.430 e. The van der Waals surface area contributed by atoms with Crippen LogP contribution in [-0.4, -0.2) is 43.1 Å². The van der Waals surface area contributed by atoms with Gasteiger partial charge in [0.15, 0.2) is 16.5 Å². The predicted octanol–water partition coefficient (Wildman–Crippen LogP) is 5.82. The maximum absolute atomic E-state index is 15.6. The van der Waals surface area contributed by atoms with Gasteiger partial charge in [-0.3, -0.25) is 4.90 Å². The van der Waals surface area contributed by atoms with Crippen LogP contribution in [0, 0.1) is 24.4 Å². The maximum atomic E-state index is 15.6. The first-order valence-corrected chi connectivity index (χ1v) is 14.6. The fraction of sp³-hybridized carbons (Fsp3) is 0.385. The van der Waals surface area contributed by atoms with E-state index in [1.54, 1.807) is 12.1 Å². The molecule has 1 amide bonds. The number of ether oxygens (including phenoxy) is 1. The molecule has 0 bridgehead atoms. The van der Waals surface area contributed by atoms with Gasteiger partial charge >= 0.3 is 6.09 Å². The number of rotatable bonds is 8. The Hall–Kier alpha value is -3.16. The third-order valence-corrected chi connectivity index (χ3v) is 8.40. The largest absolute Gasteiger partial charge is 0.443 e. The summed E-state index contributed by atoms with van der Waals surface area (Å²) in [6.07, 6.45) is -0.287. The average Bonchev–Trinajstić information content (AvgIpc) is 3.31. The molecule has 1 aliphatic heterocycles. The Bertz CT molecular complexity index is 1470. The van der Waals surface area contributed by atoms with Gasteiger partial charge in [-0.2, -0.15) is 0 Å². The molecule has 0 aliphatic carbocycles. The molecular formula is C26H29F3N4O4S2. The highest BCUT2D eigenvalue weighted by molar-refractivity contribution is 7.93. The molecular weight excluding hydrogens is 553 g/mol. The Kier molecular flexibility index (Phi) is 8.24. The Morgan fingerprint density at radius 3 is 2.51 bits per heavy atom. The number of carbonyl (C=O) groups excluding carboxylic acids is 1. The first kappa shape index (κ1) is 28.8. The number of likely N-dealkylation sites (tertiary alicyclic amines) is 1. The van der Waals surface area contributed by atoms with E-state index in [9.17, 15) is 17.6 Å². The highest BCUT2D eigenvalue weighted by Crippen LogP contribution is 2.33. The molecule has 0 saturated carbocycles. The van der Waals surface area contributed by atoms with Gasteiger partial charge in [-0.25, -0.2) is 31.4 Å². The molecule has 0 radical (unpaired) electrons. The summed E-state index contributed by atoms with van der Waals surface area (Å²) in [6, 6.07) is 5.53. The van der Waals surface area contributed by atoms with Gasteiger partial charge in [-0.05, 0) is 64.9 Å². The van der Waals surface area contributed by atoms with Crippen molar-refractivity contribution in [2.45, 2.75) is 57.7 Å². The Morgan fingerprint density at radius 1 is 1.21 bits per heavy atom. The van der Waals surface area contributed by atoms with Gasteiger partial charge in [0, 0.05) is 35.3 Å². The molecule has 1 aliphatic rings. The van der Waals surface area contributed by atoms with E-state index >= 15 is 8.78 Å². The molecule has 39 heavy (non-hydrogen) atoms. The normalized spacial score (nSPS) is 14.1. The van der Waals surface area contributed by atoms with Gasteiger partial charge in [0.25, 0.3) is 10.0 Å². The first-order valence-electron chi connectivity index (χ1n) is 12.2. The molecule has 1 saturated heterocycles. The summed E-state index contributed by atoms with van der Waals surface area (Å²) < 4.78 is 78.0. The van der Waals surface area contributed by atoms with Crippen molar-refractivity contribution in [1.29, 1.82) is 0 Å². The fourth-order valence-electron chi connectivity index (χ4n) is 4.04. The van der Waals surface area contributed by atoms with E-state index in [0.29, 0.717) is 12.1 Å². The smallest absolute Gasteiger partial charge is 0.430 e. The van der Waals surface area contributed by atoms with Crippen LogP contribution in [0.3, 0.4) is 0 Å². The summed E-state index contributed by atoms with van der Waals surface area (Å²) in [5.74, 6) is -3.65. The summed E-state index contributed by atoms with van der Waals surface area (Å²) >= 11 is 0.988. The molecule has 0 spiro atoms. The number of benzene rings is 2. The zero-order valence-corrected chi connectivity index (χ0v) is 23.6. The lowest BCUT2D eigenvalue weighted by Crippen LogP contribution is -2.42. The second kappa shape index (κ2) is 11.1. The molecule has 8 nitrogen and oxygen atoms in total. The van der Waals surface area contributed by atoms with Gasteiger partial charge in [-0.1, -0.05) is 12.1 Å². The van der Waals surface area contributed by atoms with Crippen LogP contribution in [0.4, 0.5) is 29.5 Å². The van der Waals surface area contributed by atoms with E-state index in [-0.39, 0.29) is 27.9 Å². The van der Waals surface area contributed by atoms with Crippen molar-refractivity contribution in [1.82, 2.24) is 9.88 Å². The Morgan fingerprint density at radius 2 is 1.92 bits per heavy atom. The van der Waals surface area contributed by atoms with Crippen molar-refractivity contribution in [2.75, 3.05) is 22.7 Å². The Labute approximate surface area is 229 Å². The van der Waals surface area contributed by atoms with Crippen LogP contribution in [-0.2, 0) is 27.8 Å². The number of aromatic nitrogens is 1. The summed E-state index contributed by atoms with van der Waals surface area (Å²) in [7, 11) is -5.13. The number of sulfonamides is 1. The Balaban J connectivity index is 1.67. The number of thiazole rings is 1. The van der Waals surface area contributed by atoms with Crippen molar-refractivity contribution < 1.29 is 31.1 Å². The number of amides is 1. The molecule has 1 fully saturated rings. The molecule has 13 heteroatoms. The number of nitrogens with zero attached hydrogens (tertiary/aromatic N) is 3. The lowest BCUT2D eigenvalue weighted by atomic mass is 10.0. The minimum atomic E-state index is -5.13. The van der Waals surface area contributed by atoms with E-state index in [2.05, 4.69) is 15.2 Å². The van der Waals surface area contributed by atoms with Crippen molar-refractivity contribution in [2.24, 2.45) is 0 Å². The summed E-state index contributed by atoms with van der Waals surface area (Å²) in [6.45, 7) is 8.12. The first-order chi connectivity index (χ1) is 18.3. The van der Waals surface area contributed by atoms with Gasteiger partial charge < -0.3 is 10.1 Å². The molecule has 2 heterocycles. The third kappa shape index (κ3) is 6.20. The molecule has 4 rings (SSSR count). The highest BCUT2D eigenvalue weighted by Gasteiger charge is 2.40. The summed E-state index contributed by atoms with van der Waals surface area (Å²) in [5.41, 5.74) is 0.990. The van der Waals surface area contributed by atoms with Crippen LogP contribution in [0.1, 0.15) is 43.9 Å². The molecule has 210 valence electrons. The summed E-state index contributed by atoms with van der Waals surface area (Å²) in [4.78, 5) is 17.5. The summed E-state index contributed by atoms with van der Waals surface area (Å²) in [5, 5.41) is 4.08. The number of hydrogen-bond acceptors (Lipinski definition) is 8. The fourth-order valence-corrected chi connectivity index (χ4v) is 6.08. The lowest BCUT2D eigenvalue weighted by molar-refractivity contribution is 0.0608. The minimum Gasteiger partial charge on any atom is -0.443 e. The van der Waals surface area contributed by atoms with E-state index < -0.39 is 44.1 Å². The zero-order valence-electron chi connectivity index (χ0n) is 21.9. The van der Waals surface area contributed by atoms with Gasteiger partial charge in [0.05, 0.1) is 5.51 Å². The topological polar surface area (TPSA) is 91.8 Å². The van der Waals surface area contributed by atoms with Crippen LogP contribution in [0.15, 0.2) is 40.1 Å². The van der Waals surface area contributed by atoms with Crippen LogP contribution >= 0.6 is 11.3 Å². The van der Waals surface area contributed by atoms with Gasteiger partial charge in [-0.15, -0.1) is 15.6 Å². The molecule has 1 N–H and O–H groups in total. The minimum absolute atomic E-state index is 0.0559. The quantitative estimate of drug-likeness (QED) is 0.358. The zero-order chi connectivity index (χ0) is 28.5. The molecule has 1 aromatic heterocycles. The van der Waals surface area contributed by atoms with Crippen molar-refractivity contribution in [3.8, 4) is 0 Å². The van der Waals surface area contributed by atoms with Crippen LogP contribution in [0.25, 0.3) is 0 Å². The van der Waals surface area contributed by atoms with E-state index in [1.165, 1.54) is 44.7 Å². The van der Waals surface area contributed by atoms with E-state index in [1.807, 2.05) is 0 Å². The number of carbonyl (C=O) groups is 1. The van der Waals surface area contributed by atoms with E-state index in [4.69, 9.17) is 4.74 Å². The monoisotopic (exact) mass is 582 g/mol. The third-order valence-electron chi connectivity index (χ3n) is 6.12. The van der Waals surface area contributed by atoms with Crippen LogP contribution in [0.2, 0.25) is 0 Å². The van der Waals surface area contributed by atoms with Crippen LogP contribution < -0.4 is 9.62 Å². The van der Waals surface area contributed by atoms with Crippen LogP contribution in [0.5, 0.6) is 0 Å². The van der Waals surface area contributed by atoms with Crippen molar-refractivity contribution >= 4 is 39.0 Å². The van der Waals surface area contributed by atoms with E-state index in [0.717, 1.165) is 42.5 Å². The number of hydrogen-bond donors (Lipinski definition) is 1. The standard InChI is InChI=1S/C26H29F3N4O4S2/c1-16-21(30-12-18-17(7-5-8-19(18)27)13-32-9-6-10-32)11-20(28)24(23(16)29)39(35,36)33(22-14-38-15-31-22)25(34)37-26(2,3)4/h5,7-8,11,14-15,30H,6,9-10,12-13H2,1-4H3. The number of halogens is 3. The SMILES string of the molecule is Cc1c(NCc2c(F)cccc2CN2CCC2)cc(F)c(S(=O)(=O)N(C(=O)OC(C)(C)C)c2cscn2)c1F. The molecule has 2 aromatic carbocycles. The number of anilines is 2. The van der Waals surface area contributed by atoms with Crippen molar-refractivity contribution in [3.05, 3.63) is 69.3 Å². The van der Waals surface area contributed by atoms with Gasteiger partial charge in [0.1, 0.15) is 17.2 Å². The second-order valence-electron chi connectivity index (χ2n) is 10.1. The molecule has 0 unspecified atom stereocenters. The highest BCUT2D eigenvalue weighted by atomic mass is 32.2. The second-order valence-corrected chi connectivity index (χ2v) is 12.6. The van der Waals surface area contributed by atoms with Gasteiger partial charge in [0.2, 0.25) is 0 Å². The molecule has 0 atom stereocenters. The lowest BCUT2D eigenvalue weighted by Gasteiger charge is -2.31. The predicted molar refractivity (Wildman–Crippen MR) is 143 cm³/mol. The average molecular weight is 583 g/mol. The van der Waals surface area contributed by atoms with Crippen molar-refractivity contribution in [3.63, 3.8) is 0 Å². The number of nitrogens with one attached hydrogen (secondary N) is 1. The molecule has 3 aromatic rings.